The topological polar surface area (TPSA) is 58.1 Å². The van der Waals surface area contributed by atoms with Gasteiger partial charge in [0.1, 0.15) is 0 Å². The van der Waals surface area contributed by atoms with E-state index < -0.39 is 0 Å². The lowest BCUT2D eigenvalue weighted by molar-refractivity contribution is 0.0609. The second-order valence-electron chi connectivity index (χ2n) is 7.56. The Kier molecular flexibility index (Phi) is 5.67. The van der Waals surface area contributed by atoms with Crippen molar-refractivity contribution in [1.29, 1.82) is 0 Å². The van der Waals surface area contributed by atoms with Crippen molar-refractivity contribution in [2.24, 2.45) is 0 Å². The fourth-order valence-corrected chi connectivity index (χ4v) is 4.12. The van der Waals surface area contributed by atoms with Crippen LogP contribution in [0.3, 0.4) is 0 Å². The summed E-state index contributed by atoms with van der Waals surface area (Å²) in [4.78, 5) is 24.6. The number of benzene rings is 1. The van der Waals surface area contributed by atoms with Crippen LogP contribution in [0.5, 0.6) is 0 Å². The largest absolute Gasteiger partial charge is 0.354 e. The molecule has 1 aromatic carbocycles. The Morgan fingerprint density at radius 3 is 2.76 bits per heavy atom. The zero-order valence-electron chi connectivity index (χ0n) is 16.8. The third kappa shape index (κ3) is 4.06. The Morgan fingerprint density at radius 1 is 1.21 bits per heavy atom. The summed E-state index contributed by atoms with van der Waals surface area (Å²) in [6, 6.07) is 11.7. The van der Waals surface area contributed by atoms with Crippen molar-refractivity contribution in [3.63, 3.8) is 0 Å². The molecule has 0 bridgehead atoms. The lowest BCUT2D eigenvalue weighted by Gasteiger charge is -2.35. The second kappa shape index (κ2) is 8.37. The minimum absolute atomic E-state index is 0.0305. The molecule has 0 radical (unpaired) electrons. The molecule has 1 fully saturated rings. The first kappa shape index (κ1) is 19.6. The summed E-state index contributed by atoms with van der Waals surface area (Å²) >= 11 is 6.03. The predicted octanol–water partition coefficient (Wildman–Crippen LogP) is 5.74. The molecule has 1 N–H and O–H groups in total. The molecule has 6 heteroatoms. The molecule has 0 spiro atoms. The van der Waals surface area contributed by atoms with Gasteiger partial charge in [0.15, 0.2) is 5.65 Å². The summed E-state index contributed by atoms with van der Waals surface area (Å²) < 4.78 is 0. The second-order valence-corrected chi connectivity index (χ2v) is 8.00. The van der Waals surface area contributed by atoms with Crippen molar-refractivity contribution in [3.05, 3.63) is 58.9 Å². The number of halogens is 1. The number of nitrogens with one attached hydrogen (secondary N) is 1. The van der Waals surface area contributed by atoms with Gasteiger partial charge in [0.2, 0.25) is 0 Å². The molecule has 3 aromatic rings. The minimum atomic E-state index is 0.0305. The molecule has 0 aliphatic carbocycles. The Labute approximate surface area is 176 Å². The van der Waals surface area contributed by atoms with Crippen LogP contribution in [0.4, 0.5) is 11.4 Å². The molecule has 3 heterocycles. The van der Waals surface area contributed by atoms with Gasteiger partial charge in [-0.3, -0.25) is 4.79 Å². The molecule has 1 atom stereocenters. The van der Waals surface area contributed by atoms with Gasteiger partial charge in [-0.05, 0) is 69.0 Å². The van der Waals surface area contributed by atoms with Gasteiger partial charge in [-0.25, -0.2) is 9.97 Å². The van der Waals surface area contributed by atoms with E-state index in [2.05, 4.69) is 22.2 Å². The maximum atomic E-state index is 13.5. The number of hydrogen-bond acceptors (Lipinski definition) is 4. The number of anilines is 2. The smallest absolute Gasteiger partial charge is 0.257 e. The number of fused-ring (bicyclic) bond motifs is 1. The molecule has 2 aromatic heterocycles. The van der Waals surface area contributed by atoms with Crippen molar-refractivity contribution in [2.45, 2.75) is 45.6 Å². The van der Waals surface area contributed by atoms with Crippen LogP contribution in [0.1, 0.15) is 48.7 Å². The summed E-state index contributed by atoms with van der Waals surface area (Å²) in [6.45, 7) is 4.88. The lowest BCUT2D eigenvalue weighted by atomic mass is 9.98. The number of aryl methyl sites for hydroxylation is 1. The lowest BCUT2D eigenvalue weighted by Crippen LogP contribution is -2.43. The number of rotatable bonds is 4. The van der Waals surface area contributed by atoms with Crippen molar-refractivity contribution in [2.75, 3.05) is 11.9 Å². The molecule has 150 valence electrons. The Morgan fingerprint density at radius 2 is 2.00 bits per heavy atom. The van der Waals surface area contributed by atoms with Crippen LogP contribution in [0.15, 0.2) is 42.6 Å². The maximum absolute atomic E-state index is 13.5. The van der Waals surface area contributed by atoms with Crippen LogP contribution in [0.25, 0.3) is 11.0 Å². The molecular formula is C23H25ClN4O. The Hall–Kier alpha value is -2.66. The summed E-state index contributed by atoms with van der Waals surface area (Å²) in [6.07, 6.45) is 5.91. The molecule has 4 rings (SSSR count). The molecule has 0 unspecified atom stereocenters. The highest BCUT2D eigenvalue weighted by Gasteiger charge is 2.28. The summed E-state index contributed by atoms with van der Waals surface area (Å²) in [5, 5.41) is 4.93. The van der Waals surface area contributed by atoms with Crippen molar-refractivity contribution in [1.82, 2.24) is 14.9 Å². The van der Waals surface area contributed by atoms with E-state index in [-0.39, 0.29) is 11.9 Å². The van der Waals surface area contributed by atoms with Gasteiger partial charge >= 0.3 is 0 Å². The number of hydrogen-bond donors (Lipinski definition) is 1. The van der Waals surface area contributed by atoms with Gasteiger partial charge in [0.25, 0.3) is 5.91 Å². The molecule has 1 saturated heterocycles. The van der Waals surface area contributed by atoms with Gasteiger partial charge in [0, 0.05) is 40.6 Å². The van der Waals surface area contributed by atoms with E-state index in [0.717, 1.165) is 48.3 Å². The van der Waals surface area contributed by atoms with Crippen LogP contribution in [0, 0.1) is 6.92 Å². The first-order valence-corrected chi connectivity index (χ1v) is 10.5. The van der Waals surface area contributed by atoms with E-state index in [1.54, 1.807) is 6.20 Å². The highest BCUT2D eigenvalue weighted by Crippen LogP contribution is 2.32. The molecule has 5 nitrogen and oxygen atoms in total. The Balaban J connectivity index is 1.81. The maximum Gasteiger partial charge on any atom is 0.257 e. The minimum Gasteiger partial charge on any atom is -0.354 e. The summed E-state index contributed by atoms with van der Waals surface area (Å²) in [5.74, 6) is 0.0305. The van der Waals surface area contributed by atoms with E-state index >= 15 is 0 Å². The number of nitrogens with zero attached hydrogens (tertiary/aromatic N) is 3. The van der Waals surface area contributed by atoms with Crippen LogP contribution < -0.4 is 5.32 Å². The Bertz CT molecular complexity index is 1030. The standard InChI is InChI=1S/C23H25ClN4O/c1-3-18-6-4-5-13-28(18)23(29)20-14-25-22-19(12-7-15(2)26-22)21(20)27-17-10-8-16(24)9-11-17/h7-12,14,18H,3-6,13H2,1-2H3,(H,25,26,27)/t18-/m1/s1. The highest BCUT2D eigenvalue weighted by atomic mass is 35.5. The number of likely N-dealkylation sites (tertiary alicyclic amines) is 1. The summed E-state index contributed by atoms with van der Waals surface area (Å²) in [7, 11) is 0. The molecule has 29 heavy (non-hydrogen) atoms. The monoisotopic (exact) mass is 408 g/mol. The van der Waals surface area contributed by atoms with E-state index in [4.69, 9.17) is 11.6 Å². The van der Waals surface area contributed by atoms with Gasteiger partial charge in [-0.15, -0.1) is 0 Å². The van der Waals surface area contributed by atoms with Gasteiger partial charge in [-0.2, -0.15) is 0 Å². The number of carbonyl (C=O) groups is 1. The quantitative estimate of drug-likeness (QED) is 0.598. The number of piperidine rings is 1. The van der Waals surface area contributed by atoms with Crippen LogP contribution in [-0.2, 0) is 0 Å². The van der Waals surface area contributed by atoms with Crippen LogP contribution in [-0.4, -0.2) is 33.4 Å². The molecule has 0 saturated carbocycles. The fraction of sp³-hybridized carbons (Fsp3) is 0.348. The zero-order valence-corrected chi connectivity index (χ0v) is 17.5. The first-order valence-electron chi connectivity index (χ1n) is 10.2. The molecule has 1 aliphatic heterocycles. The van der Waals surface area contributed by atoms with Crippen molar-refractivity contribution < 1.29 is 4.79 Å². The fourth-order valence-electron chi connectivity index (χ4n) is 3.99. The van der Waals surface area contributed by atoms with Gasteiger partial charge < -0.3 is 10.2 Å². The average molecular weight is 409 g/mol. The molecular weight excluding hydrogens is 384 g/mol. The average Bonchev–Trinajstić information content (AvgIpc) is 2.74. The normalized spacial score (nSPS) is 16.8. The zero-order chi connectivity index (χ0) is 20.4. The number of aromatic nitrogens is 2. The van der Waals surface area contributed by atoms with Crippen LogP contribution in [0.2, 0.25) is 5.02 Å². The number of pyridine rings is 2. The van der Waals surface area contributed by atoms with E-state index in [1.165, 1.54) is 6.42 Å². The molecule has 1 amide bonds. The third-order valence-electron chi connectivity index (χ3n) is 5.57. The predicted molar refractivity (Wildman–Crippen MR) is 118 cm³/mol. The van der Waals surface area contributed by atoms with Crippen molar-refractivity contribution in [3.8, 4) is 0 Å². The first-order chi connectivity index (χ1) is 14.1. The number of amides is 1. The van der Waals surface area contributed by atoms with E-state index in [0.29, 0.717) is 16.2 Å². The van der Waals surface area contributed by atoms with Gasteiger partial charge in [-0.1, -0.05) is 18.5 Å². The van der Waals surface area contributed by atoms with E-state index in [1.807, 2.05) is 48.2 Å². The molecule has 1 aliphatic rings. The van der Waals surface area contributed by atoms with Crippen LogP contribution >= 0.6 is 11.6 Å². The number of carbonyl (C=O) groups excluding carboxylic acids is 1. The van der Waals surface area contributed by atoms with Gasteiger partial charge in [0.05, 0.1) is 11.3 Å². The highest BCUT2D eigenvalue weighted by molar-refractivity contribution is 6.30. The van der Waals surface area contributed by atoms with Crippen molar-refractivity contribution >= 4 is 39.9 Å². The van der Waals surface area contributed by atoms with E-state index in [9.17, 15) is 4.79 Å². The summed E-state index contributed by atoms with van der Waals surface area (Å²) in [5.41, 5.74) is 3.71. The SMILES string of the molecule is CC[C@@H]1CCCCN1C(=O)c1cnc2nc(C)ccc2c1Nc1ccc(Cl)cc1. The third-order valence-corrected chi connectivity index (χ3v) is 5.82.